The summed E-state index contributed by atoms with van der Waals surface area (Å²) in [5.41, 5.74) is 13.5. The number of nitrogens with one attached hydrogen (secondary N) is 1. The molecule has 1 aromatic heterocycles. The van der Waals surface area contributed by atoms with Crippen LogP contribution in [0.2, 0.25) is 5.02 Å². The minimum absolute atomic E-state index is 0.787. The molecule has 6 heteroatoms. The van der Waals surface area contributed by atoms with Crippen molar-refractivity contribution >= 4 is 46.0 Å². The van der Waals surface area contributed by atoms with Gasteiger partial charge in [-0.1, -0.05) is 54.1 Å². The quantitative estimate of drug-likeness (QED) is 0.383. The van der Waals surface area contributed by atoms with Crippen LogP contribution in [-0.4, -0.2) is 41.3 Å². The summed E-state index contributed by atoms with van der Waals surface area (Å²) in [7, 11) is 0. The summed E-state index contributed by atoms with van der Waals surface area (Å²) in [5.74, 6) is 0. The van der Waals surface area contributed by atoms with Crippen LogP contribution in [0.3, 0.4) is 0 Å². The molecule has 0 bridgehead atoms. The fourth-order valence-corrected chi connectivity index (χ4v) is 4.68. The van der Waals surface area contributed by atoms with E-state index in [1.165, 1.54) is 11.1 Å². The van der Waals surface area contributed by atoms with Gasteiger partial charge in [0, 0.05) is 43.8 Å². The minimum atomic E-state index is 0.787. The monoisotopic (exact) mass is 457 g/mol. The number of hydrogen-bond acceptors (Lipinski definition) is 4. The smallest absolute Gasteiger partial charge is 0.0928 e. The highest BCUT2D eigenvalue weighted by atomic mass is 35.5. The summed E-state index contributed by atoms with van der Waals surface area (Å²) < 4.78 is 0. The van der Waals surface area contributed by atoms with Gasteiger partial charge in [0.2, 0.25) is 0 Å². The van der Waals surface area contributed by atoms with Crippen molar-refractivity contribution in [1.82, 2.24) is 15.1 Å². The molecule has 0 radical (unpaired) electrons. The maximum Gasteiger partial charge on any atom is 0.0928 e. The summed E-state index contributed by atoms with van der Waals surface area (Å²) >= 11 is 6.38. The lowest BCUT2D eigenvalue weighted by molar-refractivity contribution is 0.250. The highest BCUT2D eigenvalue weighted by Crippen LogP contribution is 2.27. The van der Waals surface area contributed by atoms with Crippen LogP contribution in [0.1, 0.15) is 22.4 Å². The number of aryl methyl sites for hydroxylation is 1. The number of aromatic amines is 1. The molecule has 5 rings (SSSR count). The Kier molecular flexibility index (Phi) is 6.07. The molecule has 1 fully saturated rings. The van der Waals surface area contributed by atoms with Gasteiger partial charge in [-0.15, -0.1) is 0 Å². The lowest BCUT2D eigenvalue weighted by Gasteiger charge is -2.36. The van der Waals surface area contributed by atoms with E-state index >= 15 is 0 Å². The standard InChI is InChI=1S/C27H28ClN5/c1-19-15-26-22(17-24(19)29)25(30-31-26)10-9-20-5-4-6-21(16-20)18-32-11-13-33(14-12-32)27-8-3-2-7-23(27)28/h2-10,15-17H,11-14,18,29H2,1H3,(H,30,31)/b10-9+. The second kappa shape index (κ2) is 9.30. The van der Waals surface area contributed by atoms with Gasteiger partial charge in [-0.05, 0) is 54.0 Å². The highest BCUT2D eigenvalue weighted by Gasteiger charge is 2.18. The summed E-state index contributed by atoms with van der Waals surface area (Å²) in [4.78, 5) is 4.88. The first-order chi connectivity index (χ1) is 16.1. The average molecular weight is 458 g/mol. The Morgan fingerprint density at radius 1 is 1.00 bits per heavy atom. The zero-order valence-corrected chi connectivity index (χ0v) is 19.5. The van der Waals surface area contributed by atoms with Gasteiger partial charge in [-0.2, -0.15) is 5.10 Å². The summed E-state index contributed by atoms with van der Waals surface area (Å²) in [5, 5.41) is 9.43. The molecule has 1 aliphatic rings. The zero-order valence-electron chi connectivity index (χ0n) is 18.8. The summed E-state index contributed by atoms with van der Waals surface area (Å²) in [6.07, 6.45) is 4.17. The molecule has 0 atom stereocenters. The van der Waals surface area contributed by atoms with Crippen molar-refractivity contribution in [3.63, 3.8) is 0 Å². The Morgan fingerprint density at radius 3 is 2.64 bits per heavy atom. The fourth-order valence-electron chi connectivity index (χ4n) is 4.42. The van der Waals surface area contributed by atoms with Crippen molar-refractivity contribution in [2.75, 3.05) is 36.8 Å². The molecule has 3 N–H and O–H groups in total. The molecule has 0 unspecified atom stereocenters. The largest absolute Gasteiger partial charge is 0.398 e. The number of hydrogen-bond donors (Lipinski definition) is 2. The average Bonchev–Trinajstić information content (AvgIpc) is 3.21. The van der Waals surface area contributed by atoms with Gasteiger partial charge in [-0.25, -0.2) is 0 Å². The first kappa shape index (κ1) is 21.6. The Hall–Kier alpha value is -3.28. The normalized spacial score (nSPS) is 15.0. The second-order valence-electron chi connectivity index (χ2n) is 8.66. The van der Waals surface area contributed by atoms with Crippen LogP contribution in [-0.2, 0) is 6.54 Å². The van der Waals surface area contributed by atoms with E-state index in [1.54, 1.807) is 0 Å². The van der Waals surface area contributed by atoms with Crippen molar-refractivity contribution < 1.29 is 0 Å². The molecule has 0 spiro atoms. The van der Waals surface area contributed by atoms with E-state index in [0.717, 1.165) is 71.3 Å². The first-order valence-corrected chi connectivity index (χ1v) is 11.7. The van der Waals surface area contributed by atoms with Crippen LogP contribution >= 0.6 is 11.6 Å². The molecular formula is C27H28ClN5. The van der Waals surface area contributed by atoms with Crippen molar-refractivity contribution in [2.24, 2.45) is 0 Å². The van der Waals surface area contributed by atoms with E-state index in [9.17, 15) is 0 Å². The van der Waals surface area contributed by atoms with Crippen LogP contribution < -0.4 is 10.6 Å². The molecule has 168 valence electrons. The number of nitrogens with two attached hydrogens (primary N) is 1. The maximum atomic E-state index is 6.38. The third-order valence-electron chi connectivity index (χ3n) is 6.34. The molecule has 4 aromatic rings. The van der Waals surface area contributed by atoms with E-state index in [-0.39, 0.29) is 0 Å². The number of piperazine rings is 1. The summed E-state index contributed by atoms with van der Waals surface area (Å²) in [6, 6.07) is 20.8. The van der Waals surface area contributed by atoms with Gasteiger partial charge in [0.05, 0.1) is 21.9 Å². The van der Waals surface area contributed by atoms with Gasteiger partial charge in [0.15, 0.2) is 0 Å². The number of rotatable bonds is 5. The minimum Gasteiger partial charge on any atom is -0.398 e. The van der Waals surface area contributed by atoms with Crippen LogP contribution in [0.5, 0.6) is 0 Å². The SMILES string of the molecule is Cc1cc2[nH]nc(/C=C/c3cccc(CN4CCN(c5ccccc5Cl)CC4)c3)c2cc1N. The third kappa shape index (κ3) is 4.75. The lowest BCUT2D eigenvalue weighted by Crippen LogP contribution is -2.46. The summed E-state index contributed by atoms with van der Waals surface area (Å²) in [6.45, 7) is 6.96. The number of H-pyrrole nitrogens is 1. The van der Waals surface area contributed by atoms with E-state index in [0.29, 0.717) is 0 Å². The number of fused-ring (bicyclic) bond motifs is 1. The fraction of sp³-hybridized carbons (Fsp3) is 0.222. The molecule has 0 aliphatic carbocycles. The Bertz CT molecular complexity index is 1300. The Morgan fingerprint density at radius 2 is 1.82 bits per heavy atom. The number of anilines is 2. The molecule has 0 saturated carbocycles. The molecule has 33 heavy (non-hydrogen) atoms. The van der Waals surface area contributed by atoms with Crippen molar-refractivity contribution in [2.45, 2.75) is 13.5 Å². The number of benzene rings is 3. The van der Waals surface area contributed by atoms with E-state index in [1.807, 2.05) is 37.3 Å². The van der Waals surface area contributed by atoms with E-state index in [2.05, 4.69) is 62.5 Å². The second-order valence-corrected chi connectivity index (χ2v) is 9.06. The molecular weight excluding hydrogens is 430 g/mol. The number of nitrogens with zero attached hydrogens (tertiary/aromatic N) is 3. The van der Waals surface area contributed by atoms with Gasteiger partial charge < -0.3 is 10.6 Å². The van der Waals surface area contributed by atoms with Gasteiger partial charge >= 0.3 is 0 Å². The van der Waals surface area contributed by atoms with Crippen molar-refractivity contribution in [1.29, 1.82) is 0 Å². The van der Waals surface area contributed by atoms with E-state index < -0.39 is 0 Å². The topological polar surface area (TPSA) is 61.2 Å². The Labute approximate surface area is 199 Å². The number of nitrogen functional groups attached to an aromatic ring is 1. The molecule has 3 aromatic carbocycles. The first-order valence-electron chi connectivity index (χ1n) is 11.3. The molecule has 1 saturated heterocycles. The maximum absolute atomic E-state index is 6.38. The van der Waals surface area contributed by atoms with Gasteiger partial charge in [0.25, 0.3) is 0 Å². The molecule has 2 heterocycles. The third-order valence-corrected chi connectivity index (χ3v) is 6.65. The highest BCUT2D eigenvalue weighted by molar-refractivity contribution is 6.33. The van der Waals surface area contributed by atoms with Crippen LogP contribution in [0.4, 0.5) is 11.4 Å². The van der Waals surface area contributed by atoms with Crippen LogP contribution in [0, 0.1) is 6.92 Å². The van der Waals surface area contributed by atoms with Crippen molar-refractivity contribution in [3.8, 4) is 0 Å². The number of halogens is 1. The molecule has 5 nitrogen and oxygen atoms in total. The number of aromatic nitrogens is 2. The van der Waals surface area contributed by atoms with E-state index in [4.69, 9.17) is 17.3 Å². The molecule has 0 amide bonds. The van der Waals surface area contributed by atoms with Gasteiger partial charge in [0.1, 0.15) is 0 Å². The predicted molar refractivity (Wildman–Crippen MR) is 140 cm³/mol. The number of para-hydroxylation sites is 1. The van der Waals surface area contributed by atoms with Crippen molar-refractivity contribution in [3.05, 3.63) is 88.1 Å². The molecule has 1 aliphatic heterocycles. The van der Waals surface area contributed by atoms with Crippen LogP contribution in [0.25, 0.3) is 23.1 Å². The lowest BCUT2D eigenvalue weighted by atomic mass is 10.1. The predicted octanol–water partition coefficient (Wildman–Crippen LogP) is 5.60. The zero-order chi connectivity index (χ0) is 22.8. The van der Waals surface area contributed by atoms with Crippen LogP contribution in [0.15, 0.2) is 60.7 Å². The van der Waals surface area contributed by atoms with Gasteiger partial charge in [-0.3, -0.25) is 10.00 Å². The Balaban J connectivity index is 1.24.